The zero-order valence-corrected chi connectivity index (χ0v) is 23.8. The Labute approximate surface area is 232 Å². The van der Waals surface area contributed by atoms with Gasteiger partial charge in [-0.2, -0.15) is 0 Å². The second-order valence-corrected chi connectivity index (χ2v) is 11.0. The maximum atomic E-state index is 11.0. The lowest BCUT2D eigenvalue weighted by Crippen LogP contribution is -2.09. The van der Waals surface area contributed by atoms with Crippen molar-refractivity contribution in [1.82, 2.24) is 0 Å². The van der Waals surface area contributed by atoms with E-state index in [-0.39, 0.29) is 13.2 Å². The first kappa shape index (κ1) is 31.1. The number of benzene rings is 2. The Kier molecular flexibility index (Phi) is 15.2. The van der Waals surface area contributed by atoms with Gasteiger partial charge in [0.15, 0.2) is 0 Å². The second kappa shape index (κ2) is 18.1. The molecule has 0 bridgehead atoms. The molecule has 0 unspecified atom stereocenters. The smallest absolute Gasteiger partial charge is 0.330 e. The molecule has 0 aliphatic rings. The van der Waals surface area contributed by atoms with E-state index in [9.17, 15) is 9.59 Å². The molecule has 0 N–H and O–H groups in total. The zero-order valence-electron chi connectivity index (χ0n) is 21.4. The fourth-order valence-electron chi connectivity index (χ4n) is 2.98. The van der Waals surface area contributed by atoms with Crippen molar-refractivity contribution in [3.05, 3.63) is 72.8 Å². The zero-order chi connectivity index (χ0) is 26.9. The van der Waals surface area contributed by atoms with E-state index in [4.69, 9.17) is 18.9 Å². The molecule has 2 rings (SSSR count). The first-order valence-electron chi connectivity index (χ1n) is 11.8. The van der Waals surface area contributed by atoms with Gasteiger partial charge in [0, 0.05) is 43.2 Å². The molecule has 0 atom stereocenters. The van der Waals surface area contributed by atoms with Gasteiger partial charge in [-0.15, -0.1) is 23.5 Å². The third-order valence-electron chi connectivity index (χ3n) is 4.78. The van der Waals surface area contributed by atoms with Crippen LogP contribution in [-0.4, -0.2) is 63.1 Å². The van der Waals surface area contributed by atoms with Crippen LogP contribution in [0.5, 0.6) is 0 Å². The maximum Gasteiger partial charge on any atom is 0.330 e. The summed E-state index contributed by atoms with van der Waals surface area (Å²) in [4.78, 5) is 26.8. The summed E-state index contributed by atoms with van der Waals surface area (Å²) in [5.41, 5.74) is 2.47. The normalized spacial score (nSPS) is 10.6. The third kappa shape index (κ3) is 12.8. The van der Waals surface area contributed by atoms with Crippen LogP contribution in [0.1, 0.15) is 11.1 Å². The van der Waals surface area contributed by atoms with Crippen molar-refractivity contribution < 1.29 is 28.5 Å². The maximum absolute atomic E-state index is 11.0. The van der Waals surface area contributed by atoms with E-state index < -0.39 is 11.9 Å². The minimum atomic E-state index is -0.430. The summed E-state index contributed by atoms with van der Waals surface area (Å²) in [6.07, 6.45) is 2.29. The van der Waals surface area contributed by atoms with Crippen molar-refractivity contribution in [3.8, 4) is 0 Å². The Morgan fingerprint density at radius 3 is 1.51 bits per heavy atom. The Bertz CT molecular complexity index is 959. The second-order valence-electron chi connectivity index (χ2n) is 7.62. The van der Waals surface area contributed by atoms with Crippen LogP contribution in [0.4, 0.5) is 0 Å². The molecule has 9 heteroatoms. The predicted molar refractivity (Wildman–Crippen MR) is 152 cm³/mol. The highest BCUT2D eigenvalue weighted by Gasteiger charge is 2.06. The van der Waals surface area contributed by atoms with Crippen molar-refractivity contribution in [1.29, 1.82) is 0 Å². The van der Waals surface area contributed by atoms with Gasteiger partial charge in [-0.25, -0.2) is 9.59 Å². The Balaban J connectivity index is 1.70. The van der Waals surface area contributed by atoms with E-state index in [0.29, 0.717) is 26.4 Å². The summed E-state index contributed by atoms with van der Waals surface area (Å²) in [6, 6.07) is 13.0. The van der Waals surface area contributed by atoms with E-state index in [1.807, 2.05) is 0 Å². The van der Waals surface area contributed by atoms with Gasteiger partial charge in [-0.3, -0.25) is 0 Å². The molecule has 0 fully saturated rings. The lowest BCUT2D eigenvalue weighted by atomic mass is 10.2. The average Bonchev–Trinajstić information content (AvgIpc) is 2.89. The number of esters is 2. The van der Waals surface area contributed by atoms with Gasteiger partial charge >= 0.3 is 11.9 Å². The van der Waals surface area contributed by atoms with Gasteiger partial charge in [0.05, 0.1) is 26.4 Å². The molecular weight excluding hydrogens is 529 g/mol. The lowest BCUT2D eigenvalue weighted by Gasteiger charge is -2.11. The van der Waals surface area contributed by atoms with Crippen LogP contribution in [0.3, 0.4) is 0 Å². The molecule has 0 spiro atoms. The highest BCUT2D eigenvalue weighted by molar-refractivity contribution is 8.00. The predicted octanol–water partition coefficient (Wildman–Crippen LogP) is 6.13. The number of rotatable bonds is 18. The quantitative estimate of drug-likeness (QED) is 0.0923. The minimum absolute atomic E-state index is 0.241. The summed E-state index contributed by atoms with van der Waals surface area (Å²) >= 11 is 5.26. The van der Waals surface area contributed by atoms with E-state index in [1.54, 1.807) is 35.3 Å². The van der Waals surface area contributed by atoms with Gasteiger partial charge in [-0.1, -0.05) is 24.9 Å². The first-order valence-corrected chi connectivity index (χ1v) is 14.6. The Morgan fingerprint density at radius 2 is 1.14 bits per heavy atom. The van der Waals surface area contributed by atoms with Crippen LogP contribution in [0.15, 0.2) is 81.3 Å². The van der Waals surface area contributed by atoms with Gasteiger partial charge in [-0.05, 0) is 61.4 Å². The fourth-order valence-corrected chi connectivity index (χ4v) is 5.74. The van der Waals surface area contributed by atoms with E-state index >= 15 is 0 Å². The monoisotopic (exact) mass is 562 g/mol. The molecule has 0 heterocycles. The van der Waals surface area contributed by atoms with Crippen LogP contribution < -0.4 is 0 Å². The van der Waals surface area contributed by atoms with Crippen molar-refractivity contribution in [3.63, 3.8) is 0 Å². The Morgan fingerprint density at radius 1 is 0.703 bits per heavy atom. The molecular formula is C28H34O6S3. The van der Waals surface area contributed by atoms with Gasteiger partial charge < -0.3 is 18.9 Å². The van der Waals surface area contributed by atoms with Gasteiger partial charge in [0.2, 0.25) is 0 Å². The van der Waals surface area contributed by atoms with E-state index in [0.717, 1.165) is 23.7 Å². The van der Waals surface area contributed by atoms with Gasteiger partial charge in [0.25, 0.3) is 0 Å². The topological polar surface area (TPSA) is 71.1 Å². The molecule has 6 nitrogen and oxygen atoms in total. The Hall–Kier alpha value is -2.17. The standard InChI is InChI=1S/C28H34O6S3/c1-5-27(29)33-13-11-31-15-17-35-25-9-7-23(19-21(25)3)37-24-8-10-26(22(4)20-24)36-18-16-32-12-14-34-28(30)6-2/h5-10,19-20H,1-2,11-18H2,3-4H3. The average molecular weight is 563 g/mol. The number of hydrogen-bond donors (Lipinski definition) is 0. The molecule has 0 saturated heterocycles. The molecule has 0 saturated carbocycles. The molecule has 0 aromatic heterocycles. The van der Waals surface area contributed by atoms with Crippen molar-refractivity contribution >= 4 is 47.2 Å². The molecule has 2 aromatic rings. The molecule has 0 aliphatic heterocycles. The number of thioether (sulfide) groups is 2. The van der Waals surface area contributed by atoms with Crippen molar-refractivity contribution in [2.45, 2.75) is 33.4 Å². The largest absolute Gasteiger partial charge is 0.460 e. The molecule has 37 heavy (non-hydrogen) atoms. The summed E-state index contributed by atoms with van der Waals surface area (Å²) in [5.74, 6) is 0.797. The van der Waals surface area contributed by atoms with Crippen LogP contribution >= 0.6 is 35.3 Å². The highest BCUT2D eigenvalue weighted by Crippen LogP contribution is 2.34. The number of aryl methyl sites for hydroxylation is 2. The highest BCUT2D eigenvalue weighted by atomic mass is 32.2. The lowest BCUT2D eigenvalue weighted by molar-refractivity contribution is -0.140. The van der Waals surface area contributed by atoms with Crippen LogP contribution in [0.2, 0.25) is 0 Å². The summed E-state index contributed by atoms with van der Waals surface area (Å²) in [7, 11) is 0. The number of carbonyl (C=O) groups excluding carboxylic acids is 2. The molecule has 2 aromatic carbocycles. The summed E-state index contributed by atoms with van der Waals surface area (Å²) in [5, 5.41) is 0. The third-order valence-corrected chi connectivity index (χ3v) is 8.04. The minimum Gasteiger partial charge on any atom is -0.460 e. The SMILES string of the molecule is C=CC(=O)OCCOCCSc1ccc(Sc2ccc(SCCOCCOC(=O)C=C)c(C)c2)cc1C. The van der Waals surface area contributed by atoms with Crippen LogP contribution in [0.25, 0.3) is 0 Å². The number of carbonyl (C=O) groups is 2. The molecule has 0 amide bonds. The first-order chi connectivity index (χ1) is 17.9. The molecule has 0 aliphatic carbocycles. The summed E-state index contributed by atoms with van der Waals surface area (Å²) < 4.78 is 20.8. The van der Waals surface area contributed by atoms with Crippen molar-refractivity contribution in [2.75, 3.05) is 51.1 Å². The van der Waals surface area contributed by atoms with Crippen LogP contribution in [0, 0.1) is 13.8 Å². The number of hydrogen-bond acceptors (Lipinski definition) is 9. The van der Waals surface area contributed by atoms with E-state index in [1.165, 1.54) is 30.7 Å². The van der Waals surface area contributed by atoms with Crippen molar-refractivity contribution in [2.24, 2.45) is 0 Å². The van der Waals surface area contributed by atoms with E-state index in [2.05, 4.69) is 63.4 Å². The summed E-state index contributed by atoms with van der Waals surface area (Å²) in [6.45, 7) is 13.4. The van der Waals surface area contributed by atoms with Gasteiger partial charge in [0.1, 0.15) is 13.2 Å². The molecule has 200 valence electrons. The number of ether oxygens (including phenoxy) is 4. The van der Waals surface area contributed by atoms with Crippen LogP contribution in [-0.2, 0) is 28.5 Å². The fraction of sp³-hybridized carbons (Fsp3) is 0.357. The molecule has 0 radical (unpaired) electrons.